The lowest BCUT2D eigenvalue weighted by Gasteiger charge is -2.19. The number of halogens is 2. The minimum atomic E-state index is -3.06. The number of nitrogens with zero attached hydrogens (tertiary/aromatic N) is 3. The second kappa shape index (κ2) is 9.00. The van der Waals surface area contributed by atoms with E-state index < -0.39 is 5.92 Å². The highest BCUT2D eigenvalue weighted by Crippen LogP contribution is 2.36. The van der Waals surface area contributed by atoms with Gasteiger partial charge in [0.1, 0.15) is 5.69 Å². The van der Waals surface area contributed by atoms with E-state index in [4.69, 9.17) is 4.98 Å². The molecule has 4 aromatic heterocycles. The Morgan fingerprint density at radius 3 is 2.65 bits per heavy atom. The van der Waals surface area contributed by atoms with Gasteiger partial charge in [-0.2, -0.15) is 8.78 Å². The Balaban J connectivity index is 1.93. The zero-order valence-corrected chi connectivity index (χ0v) is 20.0. The number of anilines is 1. The lowest BCUT2D eigenvalue weighted by Crippen LogP contribution is -2.16. The van der Waals surface area contributed by atoms with Gasteiger partial charge in [0.25, 0.3) is 11.5 Å². The van der Waals surface area contributed by atoms with Crippen LogP contribution < -0.4 is 10.9 Å². The van der Waals surface area contributed by atoms with Crippen LogP contribution in [0.5, 0.6) is 0 Å². The van der Waals surface area contributed by atoms with Gasteiger partial charge >= 0.3 is 0 Å². The van der Waals surface area contributed by atoms with E-state index in [1.165, 1.54) is 6.20 Å². The van der Waals surface area contributed by atoms with Crippen molar-refractivity contribution in [3.63, 3.8) is 0 Å². The van der Waals surface area contributed by atoms with Gasteiger partial charge in [-0.3, -0.25) is 9.78 Å². The Bertz CT molecular complexity index is 1400. The van der Waals surface area contributed by atoms with Gasteiger partial charge in [-0.05, 0) is 62.6 Å². The topological polar surface area (TPSA) is 75.6 Å². The van der Waals surface area contributed by atoms with E-state index in [1.807, 2.05) is 13.0 Å². The summed E-state index contributed by atoms with van der Waals surface area (Å²) in [5.41, 5.74) is 5.51. The fraction of sp³-hybridized carbons (Fsp3) is 0.346. The van der Waals surface area contributed by atoms with Gasteiger partial charge in [-0.25, -0.2) is 4.98 Å². The number of rotatable bonds is 7. The Kier molecular flexibility index (Phi) is 6.25. The summed E-state index contributed by atoms with van der Waals surface area (Å²) in [6.07, 6.45) is 3.77. The van der Waals surface area contributed by atoms with Crippen molar-refractivity contribution in [2.45, 2.75) is 59.5 Å². The van der Waals surface area contributed by atoms with E-state index >= 15 is 0 Å². The maximum absolute atomic E-state index is 14.2. The van der Waals surface area contributed by atoms with E-state index in [1.54, 1.807) is 30.5 Å². The summed E-state index contributed by atoms with van der Waals surface area (Å²) in [5.74, 6) is -3.06. The molecule has 0 aliphatic carbocycles. The second-order valence-electron chi connectivity index (χ2n) is 8.81. The molecule has 178 valence electrons. The molecule has 0 fully saturated rings. The molecule has 34 heavy (non-hydrogen) atoms. The minimum absolute atomic E-state index is 0.153. The van der Waals surface area contributed by atoms with Crippen LogP contribution in [0, 0.1) is 6.92 Å². The minimum Gasteiger partial charge on any atom is -0.379 e. The molecular formula is C26H29F2N5O. The summed E-state index contributed by atoms with van der Waals surface area (Å²) in [6, 6.07) is 8.77. The monoisotopic (exact) mass is 465 g/mol. The number of pyridine rings is 3. The number of aromatic amines is 1. The van der Waals surface area contributed by atoms with Crippen molar-refractivity contribution in [3.8, 4) is 11.3 Å². The molecule has 0 radical (unpaired) electrons. The molecule has 0 bridgehead atoms. The summed E-state index contributed by atoms with van der Waals surface area (Å²) in [5, 5.41) is 3.36. The molecule has 0 amide bonds. The molecule has 0 unspecified atom stereocenters. The van der Waals surface area contributed by atoms with Gasteiger partial charge in [-0.15, -0.1) is 0 Å². The van der Waals surface area contributed by atoms with Gasteiger partial charge < -0.3 is 14.9 Å². The Hall–Kier alpha value is -3.55. The van der Waals surface area contributed by atoms with Gasteiger partial charge in [0, 0.05) is 37.6 Å². The second-order valence-corrected chi connectivity index (χ2v) is 8.81. The first-order valence-corrected chi connectivity index (χ1v) is 11.4. The molecule has 0 aliphatic rings. The van der Waals surface area contributed by atoms with Crippen LogP contribution in [-0.4, -0.2) is 19.5 Å². The number of alkyl halides is 2. The third-order valence-corrected chi connectivity index (χ3v) is 6.03. The van der Waals surface area contributed by atoms with Crippen molar-refractivity contribution in [2.75, 3.05) is 5.32 Å². The molecule has 2 N–H and O–H groups in total. The number of aryl methyl sites for hydroxylation is 1. The molecule has 0 atom stereocenters. The Morgan fingerprint density at radius 1 is 1.24 bits per heavy atom. The first-order valence-electron chi connectivity index (χ1n) is 11.4. The van der Waals surface area contributed by atoms with Crippen molar-refractivity contribution >= 4 is 16.7 Å². The first-order chi connectivity index (χ1) is 16.1. The smallest absolute Gasteiger partial charge is 0.287 e. The van der Waals surface area contributed by atoms with Gasteiger partial charge in [0.2, 0.25) is 0 Å². The van der Waals surface area contributed by atoms with Gasteiger partial charge in [0.15, 0.2) is 0 Å². The third kappa shape index (κ3) is 4.20. The van der Waals surface area contributed by atoms with Crippen LogP contribution in [0.25, 0.3) is 22.3 Å². The Morgan fingerprint density at radius 2 is 2.00 bits per heavy atom. The van der Waals surface area contributed by atoms with Crippen LogP contribution in [0.3, 0.4) is 0 Å². The summed E-state index contributed by atoms with van der Waals surface area (Å²) < 4.78 is 30.5. The van der Waals surface area contributed by atoms with Gasteiger partial charge in [-0.1, -0.05) is 13.0 Å². The maximum Gasteiger partial charge on any atom is 0.287 e. The number of aromatic nitrogens is 4. The van der Waals surface area contributed by atoms with E-state index in [2.05, 4.69) is 40.6 Å². The molecule has 4 aromatic rings. The Labute approximate surface area is 197 Å². The SMILES string of the molecule is CCc1c(C)c2nc(-c3ccc[nH]c3=O)cc(NCc3cccnc3C(C)(F)F)c2n1C(C)C. The standard InChI is InChI=1S/C26H29F2N5O/c1-6-21-16(4)22-23(33(21)15(2)3)20(13-19(32-22)18-10-8-12-30-25(18)34)31-14-17-9-7-11-29-24(17)26(5,27)28/h7-13,15H,6,14H2,1-5H3,(H,30,34)(H,31,32). The van der Waals surface area contributed by atoms with Crippen molar-refractivity contribution in [1.29, 1.82) is 0 Å². The van der Waals surface area contributed by atoms with Crippen molar-refractivity contribution in [2.24, 2.45) is 0 Å². The van der Waals surface area contributed by atoms with Crippen molar-refractivity contribution in [3.05, 3.63) is 75.6 Å². The lowest BCUT2D eigenvalue weighted by atomic mass is 10.1. The van der Waals surface area contributed by atoms with Crippen LogP contribution in [0.1, 0.15) is 56.3 Å². The molecule has 0 aromatic carbocycles. The molecule has 6 nitrogen and oxygen atoms in total. The fourth-order valence-corrected chi connectivity index (χ4v) is 4.56. The number of fused-ring (bicyclic) bond motifs is 1. The number of nitrogens with one attached hydrogen (secondary N) is 2. The number of H-pyrrole nitrogens is 1. The fourth-order valence-electron chi connectivity index (χ4n) is 4.56. The zero-order valence-electron chi connectivity index (χ0n) is 20.0. The highest BCUT2D eigenvalue weighted by molar-refractivity contribution is 5.95. The van der Waals surface area contributed by atoms with Crippen LogP contribution in [-0.2, 0) is 18.9 Å². The number of hydrogen-bond acceptors (Lipinski definition) is 4. The lowest BCUT2D eigenvalue weighted by molar-refractivity contribution is 0.0118. The highest BCUT2D eigenvalue weighted by atomic mass is 19.3. The molecular weight excluding hydrogens is 436 g/mol. The predicted molar refractivity (Wildman–Crippen MR) is 131 cm³/mol. The number of hydrogen-bond donors (Lipinski definition) is 2. The molecule has 0 aliphatic heterocycles. The van der Waals surface area contributed by atoms with E-state index in [0.717, 1.165) is 41.3 Å². The summed E-state index contributed by atoms with van der Waals surface area (Å²) in [4.78, 5) is 24.0. The molecule has 0 saturated carbocycles. The predicted octanol–water partition coefficient (Wildman–Crippen LogP) is 5.96. The molecule has 4 rings (SSSR count). The normalized spacial score (nSPS) is 12.0. The first kappa shape index (κ1) is 23.6. The summed E-state index contributed by atoms with van der Waals surface area (Å²) >= 11 is 0. The quantitative estimate of drug-likeness (QED) is 0.353. The van der Waals surface area contributed by atoms with Crippen LogP contribution in [0.15, 0.2) is 47.5 Å². The van der Waals surface area contributed by atoms with Crippen LogP contribution in [0.4, 0.5) is 14.5 Å². The van der Waals surface area contributed by atoms with Crippen LogP contribution in [0.2, 0.25) is 0 Å². The van der Waals surface area contributed by atoms with E-state index in [-0.39, 0.29) is 23.8 Å². The average molecular weight is 466 g/mol. The third-order valence-electron chi connectivity index (χ3n) is 6.03. The van der Waals surface area contributed by atoms with Crippen LogP contribution >= 0.6 is 0 Å². The van der Waals surface area contributed by atoms with Crippen molar-refractivity contribution < 1.29 is 8.78 Å². The molecule has 0 spiro atoms. The van der Waals surface area contributed by atoms with Crippen molar-refractivity contribution in [1.82, 2.24) is 19.5 Å². The average Bonchev–Trinajstić information content (AvgIpc) is 3.09. The molecule has 0 saturated heterocycles. The molecule has 4 heterocycles. The zero-order chi connectivity index (χ0) is 24.6. The van der Waals surface area contributed by atoms with E-state index in [0.29, 0.717) is 16.8 Å². The summed E-state index contributed by atoms with van der Waals surface area (Å²) in [6.45, 7) is 9.35. The molecule has 8 heteroatoms. The maximum atomic E-state index is 14.2. The highest BCUT2D eigenvalue weighted by Gasteiger charge is 2.29. The summed E-state index contributed by atoms with van der Waals surface area (Å²) in [7, 11) is 0. The largest absolute Gasteiger partial charge is 0.379 e. The van der Waals surface area contributed by atoms with E-state index in [9.17, 15) is 13.6 Å². The van der Waals surface area contributed by atoms with Gasteiger partial charge in [0.05, 0.1) is 28.0 Å².